The summed E-state index contributed by atoms with van der Waals surface area (Å²) in [4.78, 5) is 18.1. The van der Waals surface area contributed by atoms with E-state index in [4.69, 9.17) is 9.90 Å². The molecule has 0 unspecified atom stereocenters. The van der Waals surface area contributed by atoms with Crippen LogP contribution < -0.4 is 0 Å². The number of carboxylic acids is 1. The lowest BCUT2D eigenvalue weighted by atomic mass is 10.6. The summed E-state index contributed by atoms with van der Waals surface area (Å²) in [6, 6.07) is 0. The molecule has 0 saturated carbocycles. The van der Waals surface area contributed by atoms with Gasteiger partial charge in [0.05, 0.1) is 0 Å². The van der Waals surface area contributed by atoms with Crippen LogP contribution in [0.4, 0.5) is 13.2 Å². The minimum atomic E-state index is -5.08. The number of carboxylic acid groups (broad SMARTS) is 1. The summed E-state index contributed by atoms with van der Waals surface area (Å²) in [6.45, 7) is 1.81. The molecular formula is C5H7F3O3. The van der Waals surface area contributed by atoms with Crippen LogP contribution in [0.1, 0.15) is 13.3 Å². The van der Waals surface area contributed by atoms with Crippen molar-refractivity contribution in [3.63, 3.8) is 0 Å². The minimum absolute atomic E-state index is 0.639. The summed E-state index contributed by atoms with van der Waals surface area (Å²) in [5.41, 5.74) is 0. The summed E-state index contributed by atoms with van der Waals surface area (Å²) in [7, 11) is 0. The fourth-order valence-corrected chi connectivity index (χ4v) is 0. The molecule has 6 heteroatoms. The first-order chi connectivity index (χ1) is 4.86. The average Bonchev–Trinajstić information content (AvgIpc) is 1.87. The molecule has 0 fully saturated rings. The van der Waals surface area contributed by atoms with Gasteiger partial charge in [-0.05, 0) is 0 Å². The lowest BCUT2D eigenvalue weighted by Crippen LogP contribution is -2.21. The third-order valence-electron chi connectivity index (χ3n) is 0.409. The van der Waals surface area contributed by atoms with Gasteiger partial charge in [-0.25, -0.2) is 4.79 Å². The summed E-state index contributed by atoms with van der Waals surface area (Å²) in [6.07, 6.45) is -3.57. The lowest BCUT2D eigenvalue weighted by molar-refractivity contribution is -0.192. The summed E-state index contributed by atoms with van der Waals surface area (Å²) in [5, 5.41) is 7.12. The maximum atomic E-state index is 10.6. The zero-order valence-corrected chi connectivity index (χ0v) is 5.68. The Kier molecular flexibility index (Phi) is 6.52. The molecule has 0 amide bonds. The number of aliphatic carboxylic acids is 1. The standard InChI is InChI=1S/C3H6O.C2HF3O2/c1-2-3-4;3-2(4,5)1(6)7/h3H,2H2,1H3;(H,6,7). The fraction of sp³-hybridized carbons (Fsp3) is 0.600. The van der Waals surface area contributed by atoms with Gasteiger partial charge >= 0.3 is 12.1 Å². The van der Waals surface area contributed by atoms with Gasteiger partial charge in [0.2, 0.25) is 0 Å². The average molecular weight is 172 g/mol. The van der Waals surface area contributed by atoms with Gasteiger partial charge in [-0.2, -0.15) is 13.2 Å². The monoisotopic (exact) mass is 172 g/mol. The second-order valence-electron chi connectivity index (χ2n) is 1.38. The van der Waals surface area contributed by atoms with Crippen molar-refractivity contribution in [3.05, 3.63) is 0 Å². The predicted molar refractivity (Wildman–Crippen MR) is 30.0 cm³/mol. The minimum Gasteiger partial charge on any atom is -0.475 e. The van der Waals surface area contributed by atoms with Gasteiger partial charge in [0.25, 0.3) is 0 Å². The third-order valence-corrected chi connectivity index (χ3v) is 0.409. The van der Waals surface area contributed by atoms with E-state index >= 15 is 0 Å². The van der Waals surface area contributed by atoms with Crippen molar-refractivity contribution in [2.24, 2.45) is 0 Å². The zero-order valence-electron chi connectivity index (χ0n) is 5.68. The Hall–Kier alpha value is -1.07. The Balaban J connectivity index is 0. The van der Waals surface area contributed by atoms with Gasteiger partial charge in [0, 0.05) is 6.42 Å². The second kappa shape index (κ2) is 5.70. The largest absolute Gasteiger partial charge is 0.490 e. The Morgan fingerprint density at radius 1 is 1.55 bits per heavy atom. The number of hydrogen-bond acceptors (Lipinski definition) is 2. The first kappa shape index (κ1) is 12.6. The van der Waals surface area contributed by atoms with E-state index in [-0.39, 0.29) is 0 Å². The molecule has 0 radical (unpaired) electrons. The van der Waals surface area contributed by atoms with Crippen LogP contribution in [0.2, 0.25) is 0 Å². The Labute approximate surface area is 60.8 Å². The highest BCUT2D eigenvalue weighted by Crippen LogP contribution is 2.13. The van der Waals surface area contributed by atoms with Crippen LogP contribution in [-0.2, 0) is 9.59 Å². The maximum Gasteiger partial charge on any atom is 0.490 e. The van der Waals surface area contributed by atoms with E-state index in [0.29, 0.717) is 6.42 Å². The number of aldehydes is 1. The SMILES string of the molecule is CCC=O.O=C(O)C(F)(F)F. The molecule has 0 atom stereocenters. The number of carbonyl (C=O) groups is 2. The first-order valence-electron chi connectivity index (χ1n) is 2.60. The van der Waals surface area contributed by atoms with Gasteiger partial charge in [0.1, 0.15) is 6.29 Å². The van der Waals surface area contributed by atoms with Crippen molar-refractivity contribution in [1.29, 1.82) is 0 Å². The quantitative estimate of drug-likeness (QED) is 0.605. The first-order valence-corrected chi connectivity index (χ1v) is 2.60. The van der Waals surface area contributed by atoms with Crippen molar-refractivity contribution < 1.29 is 27.9 Å². The molecule has 66 valence electrons. The molecule has 0 bridgehead atoms. The fourth-order valence-electron chi connectivity index (χ4n) is 0. The van der Waals surface area contributed by atoms with E-state index in [1.54, 1.807) is 0 Å². The molecule has 0 rings (SSSR count). The topological polar surface area (TPSA) is 54.4 Å². The Morgan fingerprint density at radius 3 is 1.73 bits per heavy atom. The molecule has 0 aromatic carbocycles. The highest BCUT2D eigenvalue weighted by atomic mass is 19.4. The molecule has 0 spiro atoms. The smallest absolute Gasteiger partial charge is 0.475 e. The lowest BCUT2D eigenvalue weighted by Gasteiger charge is -1.93. The summed E-state index contributed by atoms with van der Waals surface area (Å²) < 4.78 is 31.7. The van der Waals surface area contributed by atoms with Gasteiger partial charge in [0.15, 0.2) is 0 Å². The van der Waals surface area contributed by atoms with E-state index < -0.39 is 12.1 Å². The van der Waals surface area contributed by atoms with Gasteiger partial charge in [-0.1, -0.05) is 6.92 Å². The van der Waals surface area contributed by atoms with Crippen LogP contribution in [0, 0.1) is 0 Å². The van der Waals surface area contributed by atoms with Gasteiger partial charge in [-0.3, -0.25) is 0 Å². The van der Waals surface area contributed by atoms with Crippen LogP contribution in [0.25, 0.3) is 0 Å². The van der Waals surface area contributed by atoms with E-state index in [9.17, 15) is 18.0 Å². The summed E-state index contributed by atoms with van der Waals surface area (Å²) >= 11 is 0. The van der Waals surface area contributed by atoms with Crippen molar-refractivity contribution in [1.82, 2.24) is 0 Å². The number of hydrogen-bond donors (Lipinski definition) is 1. The van der Waals surface area contributed by atoms with Gasteiger partial charge < -0.3 is 9.90 Å². The third kappa shape index (κ3) is 12.2. The molecule has 0 heterocycles. The molecule has 0 aromatic rings. The highest BCUT2D eigenvalue weighted by Gasteiger charge is 2.38. The molecule has 1 N–H and O–H groups in total. The van der Waals surface area contributed by atoms with E-state index in [1.165, 1.54) is 0 Å². The van der Waals surface area contributed by atoms with Crippen LogP contribution >= 0.6 is 0 Å². The molecule has 3 nitrogen and oxygen atoms in total. The van der Waals surface area contributed by atoms with Crippen molar-refractivity contribution in [2.45, 2.75) is 19.5 Å². The van der Waals surface area contributed by atoms with Crippen LogP contribution in [0.3, 0.4) is 0 Å². The van der Waals surface area contributed by atoms with E-state index in [1.807, 2.05) is 6.92 Å². The van der Waals surface area contributed by atoms with Crippen LogP contribution in [0.5, 0.6) is 0 Å². The number of rotatable bonds is 1. The Bertz CT molecular complexity index is 129. The maximum absolute atomic E-state index is 10.6. The predicted octanol–water partition coefficient (Wildman–Crippen LogP) is 1.23. The Morgan fingerprint density at radius 2 is 1.73 bits per heavy atom. The zero-order chi connectivity index (χ0) is 9.49. The van der Waals surface area contributed by atoms with Crippen molar-refractivity contribution in [3.8, 4) is 0 Å². The van der Waals surface area contributed by atoms with E-state index in [0.717, 1.165) is 6.29 Å². The second-order valence-corrected chi connectivity index (χ2v) is 1.38. The summed E-state index contributed by atoms with van der Waals surface area (Å²) in [5.74, 6) is -2.76. The number of alkyl halides is 3. The molecule has 0 aliphatic heterocycles. The van der Waals surface area contributed by atoms with Crippen molar-refractivity contribution in [2.75, 3.05) is 0 Å². The van der Waals surface area contributed by atoms with Gasteiger partial charge in [-0.15, -0.1) is 0 Å². The number of carbonyl (C=O) groups excluding carboxylic acids is 1. The van der Waals surface area contributed by atoms with Crippen molar-refractivity contribution >= 4 is 12.3 Å². The molecule has 0 aliphatic rings. The molecule has 0 aliphatic carbocycles. The normalized spacial score (nSPS) is 9.45. The van der Waals surface area contributed by atoms with E-state index in [2.05, 4.69) is 0 Å². The highest BCUT2D eigenvalue weighted by molar-refractivity contribution is 5.73. The molecule has 0 saturated heterocycles. The molecule has 0 aromatic heterocycles. The van der Waals surface area contributed by atoms with Crippen LogP contribution in [-0.4, -0.2) is 23.5 Å². The van der Waals surface area contributed by atoms with Crippen LogP contribution in [0.15, 0.2) is 0 Å². The molecule has 11 heavy (non-hydrogen) atoms. The molecular weight excluding hydrogens is 165 g/mol. The number of halogens is 3.